The van der Waals surface area contributed by atoms with E-state index in [0.717, 1.165) is 5.76 Å². The third-order valence-electron chi connectivity index (χ3n) is 2.64. The van der Waals surface area contributed by atoms with Gasteiger partial charge in [-0.25, -0.2) is 9.59 Å². The lowest BCUT2D eigenvalue weighted by atomic mass is 10.2. The number of hydrogen-bond acceptors (Lipinski definition) is 5. The fourth-order valence-corrected chi connectivity index (χ4v) is 1.62. The van der Waals surface area contributed by atoms with Crippen molar-refractivity contribution in [1.82, 2.24) is 0 Å². The minimum Gasteiger partial charge on any atom is -0.465 e. The minimum absolute atomic E-state index is 0.341. The monoisotopic (exact) mass is 286 g/mol. The van der Waals surface area contributed by atoms with Gasteiger partial charge in [0.05, 0.1) is 12.7 Å². The second-order valence-electron chi connectivity index (χ2n) is 4.22. The Morgan fingerprint density at radius 1 is 1.10 bits per heavy atom. The number of furan rings is 1. The Bertz CT molecular complexity index is 664. The van der Waals surface area contributed by atoms with Crippen LogP contribution in [0.1, 0.15) is 21.9 Å². The molecule has 0 atom stereocenters. The number of esters is 2. The molecule has 1 heterocycles. The van der Waals surface area contributed by atoms with Gasteiger partial charge in [0.15, 0.2) is 0 Å². The van der Waals surface area contributed by atoms with Crippen molar-refractivity contribution < 1.29 is 23.5 Å². The Hall–Kier alpha value is -2.82. The van der Waals surface area contributed by atoms with Crippen LogP contribution in [0.3, 0.4) is 0 Å². The normalized spacial score (nSPS) is 10.6. The van der Waals surface area contributed by atoms with E-state index in [0.29, 0.717) is 17.1 Å². The summed E-state index contributed by atoms with van der Waals surface area (Å²) in [6, 6.07) is 9.65. The van der Waals surface area contributed by atoms with Crippen LogP contribution < -0.4 is 4.74 Å². The average molecular weight is 286 g/mol. The number of carbonyl (C=O) groups is 2. The highest BCUT2D eigenvalue weighted by atomic mass is 16.5. The van der Waals surface area contributed by atoms with Gasteiger partial charge in [0, 0.05) is 6.08 Å². The highest BCUT2D eigenvalue weighted by Gasteiger charge is 2.06. The molecule has 2 rings (SSSR count). The quantitative estimate of drug-likeness (QED) is 0.491. The molecule has 0 amide bonds. The lowest BCUT2D eigenvalue weighted by Crippen LogP contribution is -2.05. The molecular weight excluding hydrogens is 272 g/mol. The zero-order valence-corrected chi connectivity index (χ0v) is 11.7. The van der Waals surface area contributed by atoms with Crippen molar-refractivity contribution in [3.05, 3.63) is 59.6 Å². The Labute approximate surface area is 121 Å². The third-order valence-corrected chi connectivity index (χ3v) is 2.64. The van der Waals surface area contributed by atoms with Crippen molar-refractivity contribution in [3.8, 4) is 5.75 Å². The summed E-state index contributed by atoms with van der Waals surface area (Å²) < 4.78 is 15.0. The second kappa shape index (κ2) is 6.56. The average Bonchev–Trinajstić information content (AvgIpc) is 2.91. The molecule has 1 aromatic carbocycles. The predicted octanol–water partition coefficient (Wildman–Crippen LogP) is 2.99. The number of aryl methyl sites for hydroxylation is 1. The summed E-state index contributed by atoms with van der Waals surface area (Å²) in [5.41, 5.74) is 0.388. The zero-order chi connectivity index (χ0) is 15.2. The second-order valence-corrected chi connectivity index (χ2v) is 4.22. The lowest BCUT2D eigenvalue weighted by molar-refractivity contribution is -0.128. The van der Waals surface area contributed by atoms with Gasteiger partial charge in [-0.15, -0.1) is 0 Å². The Balaban J connectivity index is 1.96. The van der Waals surface area contributed by atoms with Crippen molar-refractivity contribution in [2.75, 3.05) is 7.11 Å². The fraction of sp³-hybridized carbons (Fsp3) is 0.125. The van der Waals surface area contributed by atoms with Gasteiger partial charge in [-0.05, 0) is 49.4 Å². The molecule has 0 radical (unpaired) electrons. The highest BCUT2D eigenvalue weighted by Crippen LogP contribution is 2.14. The van der Waals surface area contributed by atoms with Crippen LogP contribution >= 0.6 is 0 Å². The van der Waals surface area contributed by atoms with Crippen molar-refractivity contribution in [3.63, 3.8) is 0 Å². The number of benzene rings is 1. The summed E-state index contributed by atoms with van der Waals surface area (Å²) in [5, 5.41) is 0. The van der Waals surface area contributed by atoms with E-state index >= 15 is 0 Å². The first-order chi connectivity index (χ1) is 10.1. The molecule has 0 spiro atoms. The van der Waals surface area contributed by atoms with Gasteiger partial charge in [-0.1, -0.05) is 0 Å². The van der Waals surface area contributed by atoms with Crippen molar-refractivity contribution in [1.29, 1.82) is 0 Å². The Kier molecular flexibility index (Phi) is 4.56. The van der Waals surface area contributed by atoms with Crippen LogP contribution in [-0.4, -0.2) is 19.0 Å². The largest absolute Gasteiger partial charge is 0.465 e. The van der Waals surface area contributed by atoms with E-state index in [1.807, 2.05) is 6.92 Å². The van der Waals surface area contributed by atoms with Crippen molar-refractivity contribution in [2.45, 2.75) is 6.92 Å². The van der Waals surface area contributed by atoms with Crippen LogP contribution in [-0.2, 0) is 9.53 Å². The first-order valence-electron chi connectivity index (χ1n) is 6.23. The standard InChI is InChI=1S/C16H14O5/c1-11-3-6-13(20-11)9-10-15(17)21-14-7-4-12(5-8-14)16(18)19-2/h3-10H,1-2H3/b10-9+. The zero-order valence-electron chi connectivity index (χ0n) is 11.7. The van der Waals surface area contributed by atoms with Gasteiger partial charge < -0.3 is 13.9 Å². The van der Waals surface area contributed by atoms with Crippen LogP contribution in [0.2, 0.25) is 0 Å². The lowest BCUT2D eigenvalue weighted by Gasteiger charge is -2.02. The highest BCUT2D eigenvalue weighted by molar-refractivity contribution is 5.90. The maximum absolute atomic E-state index is 11.6. The fourth-order valence-electron chi connectivity index (χ4n) is 1.62. The number of hydrogen-bond donors (Lipinski definition) is 0. The maximum atomic E-state index is 11.6. The van der Waals surface area contributed by atoms with Crippen LogP contribution in [0.4, 0.5) is 0 Å². The minimum atomic E-state index is -0.533. The Morgan fingerprint density at radius 2 is 1.81 bits per heavy atom. The molecule has 0 bridgehead atoms. The van der Waals surface area contributed by atoms with Crippen molar-refractivity contribution in [2.24, 2.45) is 0 Å². The van der Waals surface area contributed by atoms with E-state index in [-0.39, 0.29) is 0 Å². The molecule has 21 heavy (non-hydrogen) atoms. The number of methoxy groups -OCH3 is 1. The molecule has 0 aliphatic rings. The van der Waals surface area contributed by atoms with E-state index in [4.69, 9.17) is 9.15 Å². The molecule has 1 aromatic heterocycles. The molecule has 0 aliphatic heterocycles. The summed E-state index contributed by atoms with van der Waals surface area (Å²) in [6.45, 7) is 1.82. The van der Waals surface area contributed by atoms with Gasteiger partial charge in [-0.3, -0.25) is 0 Å². The molecule has 0 N–H and O–H groups in total. The van der Waals surface area contributed by atoms with E-state index in [1.165, 1.54) is 43.5 Å². The summed E-state index contributed by atoms with van der Waals surface area (Å²) in [4.78, 5) is 22.9. The maximum Gasteiger partial charge on any atom is 0.337 e. The molecule has 0 saturated heterocycles. The predicted molar refractivity (Wildman–Crippen MR) is 75.9 cm³/mol. The molecule has 2 aromatic rings. The van der Waals surface area contributed by atoms with E-state index < -0.39 is 11.9 Å². The molecule has 5 heteroatoms. The Morgan fingerprint density at radius 3 is 2.38 bits per heavy atom. The van der Waals surface area contributed by atoms with Gasteiger partial charge in [0.1, 0.15) is 17.3 Å². The van der Waals surface area contributed by atoms with E-state index in [1.54, 1.807) is 12.1 Å². The molecule has 108 valence electrons. The summed E-state index contributed by atoms with van der Waals surface area (Å²) in [5.74, 6) is 0.704. The van der Waals surface area contributed by atoms with Crippen LogP contribution in [0, 0.1) is 6.92 Å². The summed E-state index contributed by atoms with van der Waals surface area (Å²) >= 11 is 0. The van der Waals surface area contributed by atoms with Gasteiger partial charge in [0.25, 0.3) is 0 Å². The topological polar surface area (TPSA) is 65.7 Å². The van der Waals surface area contributed by atoms with Gasteiger partial charge in [0.2, 0.25) is 0 Å². The molecule has 0 unspecified atom stereocenters. The molecule has 0 saturated carbocycles. The molecule has 0 fully saturated rings. The van der Waals surface area contributed by atoms with Gasteiger partial charge >= 0.3 is 11.9 Å². The SMILES string of the molecule is COC(=O)c1ccc(OC(=O)/C=C/c2ccc(C)o2)cc1. The van der Waals surface area contributed by atoms with Crippen LogP contribution in [0.15, 0.2) is 46.9 Å². The van der Waals surface area contributed by atoms with Crippen LogP contribution in [0.5, 0.6) is 5.75 Å². The number of carbonyl (C=O) groups excluding carboxylic acids is 2. The first kappa shape index (κ1) is 14.6. The van der Waals surface area contributed by atoms with E-state index in [9.17, 15) is 9.59 Å². The smallest absolute Gasteiger partial charge is 0.337 e. The number of ether oxygens (including phenoxy) is 2. The van der Waals surface area contributed by atoms with E-state index in [2.05, 4.69) is 4.74 Å². The first-order valence-corrected chi connectivity index (χ1v) is 6.23. The number of rotatable bonds is 4. The molecule has 5 nitrogen and oxygen atoms in total. The third kappa shape index (κ3) is 4.07. The molecule has 0 aliphatic carbocycles. The molecular formula is C16H14O5. The summed E-state index contributed by atoms with van der Waals surface area (Å²) in [7, 11) is 1.30. The van der Waals surface area contributed by atoms with Crippen molar-refractivity contribution >= 4 is 18.0 Å². The van der Waals surface area contributed by atoms with Gasteiger partial charge in [-0.2, -0.15) is 0 Å². The summed E-state index contributed by atoms with van der Waals surface area (Å²) in [6.07, 6.45) is 2.80. The van der Waals surface area contributed by atoms with Crippen LogP contribution in [0.25, 0.3) is 6.08 Å².